The molecule has 1 saturated carbocycles. The van der Waals surface area contributed by atoms with Crippen LogP contribution in [0.25, 0.3) is 0 Å². The van der Waals surface area contributed by atoms with E-state index in [2.05, 4.69) is 10.2 Å². The summed E-state index contributed by atoms with van der Waals surface area (Å²) in [5.74, 6) is 1.49. The van der Waals surface area contributed by atoms with E-state index in [1.807, 2.05) is 29.2 Å². The van der Waals surface area contributed by atoms with Gasteiger partial charge in [-0.1, -0.05) is 18.6 Å². The summed E-state index contributed by atoms with van der Waals surface area (Å²) < 4.78 is 5.31. The predicted octanol–water partition coefficient (Wildman–Crippen LogP) is 2.95. The molecule has 1 aromatic rings. The third kappa shape index (κ3) is 3.24. The first kappa shape index (κ1) is 17.2. The highest BCUT2D eigenvalue weighted by Crippen LogP contribution is 2.34. The Labute approximate surface area is 154 Å². The van der Waals surface area contributed by atoms with Crippen molar-refractivity contribution in [3.63, 3.8) is 0 Å². The number of hydrogen-bond acceptors (Lipinski definition) is 3. The molecule has 0 spiro atoms. The van der Waals surface area contributed by atoms with E-state index in [1.54, 1.807) is 7.11 Å². The van der Waals surface area contributed by atoms with E-state index in [0.717, 1.165) is 19.4 Å². The molecule has 1 aliphatic carbocycles. The second-order valence-corrected chi connectivity index (χ2v) is 7.75. The number of nitrogens with one attached hydrogen (secondary N) is 1. The number of benzene rings is 1. The van der Waals surface area contributed by atoms with Gasteiger partial charge in [-0.3, -0.25) is 4.79 Å². The van der Waals surface area contributed by atoms with Crippen molar-refractivity contribution in [1.82, 2.24) is 9.80 Å². The lowest BCUT2D eigenvalue weighted by molar-refractivity contribution is -0.141. The highest BCUT2D eigenvalue weighted by Gasteiger charge is 2.42. The van der Waals surface area contributed by atoms with E-state index in [4.69, 9.17) is 4.74 Å². The van der Waals surface area contributed by atoms with Gasteiger partial charge in [0.1, 0.15) is 5.75 Å². The van der Waals surface area contributed by atoms with Crippen LogP contribution in [0.1, 0.15) is 32.1 Å². The van der Waals surface area contributed by atoms with Gasteiger partial charge in [-0.15, -0.1) is 0 Å². The van der Waals surface area contributed by atoms with Gasteiger partial charge in [-0.25, -0.2) is 4.79 Å². The molecule has 3 saturated heterocycles. The van der Waals surface area contributed by atoms with Gasteiger partial charge < -0.3 is 19.9 Å². The standard InChI is InChI=1S/C20H27N3O3/c1-26-18-8-3-2-7-17(18)21-20(25)22-12-15-9-10-16(13-22)23(19(15)24)11-14-5-4-6-14/h2-3,7-8,14-16H,4-6,9-13H2,1H3,(H,21,25)/t15-,16+/m0/s1. The number of amides is 3. The van der Waals surface area contributed by atoms with Crippen molar-refractivity contribution in [3.05, 3.63) is 24.3 Å². The maximum Gasteiger partial charge on any atom is 0.322 e. The van der Waals surface area contributed by atoms with Crippen LogP contribution in [0.15, 0.2) is 24.3 Å². The molecule has 0 unspecified atom stereocenters. The number of carbonyl (C=O) groups excluding carboxylic acids is 2. The zero-order valence-electron chi connectivity index (χ0n) is 15.3. The zero-order chi connectivity index (χ0) is 18.1. The number of rotatable bonds is 4. The van der Waals surface area contributed by atoms with Crippen LogP contribution in [-0.4, -0.2) is 54.5 Å². The summed E-state index contributed by atoms with van der Waals surface area (Å²) in [5, 5.41) is 2.95. The van der Waals surface area contributed by atoms with Gasteiger partial charge in [0.05, 0.1) is 18.7 Å². The van der Waals surface area contributed by atoms with Gasteiger partial charge in [-0.05, 0) is 43.7 Å². The number of anilines is 1. The number of hydrogen-bond donors (Lipinski definition) is 1. The lowest BCUT2D eigenvalue weighted by Gasteiger charge is -2.40. The minimum absolute atomic E-state index is 0.0581. The van der Waals surface area contributed by atoms with E-state index in [0.29, 0.717) is 30.4 Å². The first-order valence-electron chi connectivity index (χ1n) is 9.65. The molecule has 2 atom stereocenters. The average Bonchev–Trinajstić information content (AvgIpc) is 2.90. The maximum atomic E-state index is 12.9. The summed E-state index contributed by atoms with van der Waals surface area (Å²) in [6.07, 6.45) is 5.65. The first-order valence-corrected chi connectivity index (χ1v) is 9.65. The number of urea groups is 1. The van der Waals surface area contributed by atoms with Crippen LogP contribution in [-0.2, 0) is 4.79 Å². The summed E-state index contributed by atoms with van der Waals surface area (Å²) in [4.78, 5) is 29.6. The van der Waals surface area contributed by atoms with Gasteiger partial charge in [0.25, 0.3) is 0 Å². The van der Waals surface area contributed by atoms with Gasteiger partial charge in [0.15, 0.2) is 0 Å². The Morgan fingerprint density at radius 2 is 2.00 bits per heavy atom. The normalized spacial score (nSPS) is 25.7. The molecule has 4 aliphatic rings. The Balaban J connectivity index is 1.46. The number of carbonyl (C=O) groups is 2. The second kappa shape index (κ2) is 7.17. The van der Waals surface area contributed by atoms with E-state index >= 15 is 0 Å². The minimum Gasteiger partial charge on any atom is -0.495 e. The fourth-order valence-corrected chi connectivity index (χ4v) is 4.34. The third-order valence-electron chi connectivity index (χ3n) is 6.11. The number of ether oxygens (including phenoxy) is 1. The summed E-state index contributed by atoms with van der Waals surface area (Å²) in [7, 11) is 1.59. The molecule has 3 aliphatic heterocycles. The molecule has 26 heavy (non-hydrogen) atoms. The van der Waals surface area contributed by atoms with Crippen LogP contribution in [0.3, 0.4) is 0 Å². The Kier molecular flexibility index (Phi) is 4.74. The molecular weight excluding hydrogens is 330 g/mol. The Morgan fingerprint density at radius 1 is 1.19 bits per heavy atom. The van der Waals surface area contributed by atoms with Crippen LogP contribution in [0, 0.1) is 11.8 Å². The lowest BCUT2D eigenvalue weighted by Crippen LogP contribution is -2.50. The SMILES string of the molecule is COc1ccccc1NC(=O)N1C[C@@H]2CC[C@H](C1)N(CC1CCC1)C2=O. The number of piperidine rings is 1. The van der Waals surface area contributed by atoms with Crippen molar-refractivity contribution in [3.8, 4) is 5.75 Å². The molecule has 0 aromatic heterocycles. The van der Waals surface area contributed by atoms with Gasteiger partial charge in [0, 0.05) is 25.7 Å². The molecule has 3 heterocycles. The quantitative estimate of drug-likeness (QED) is 0.901. The largest absolute Gasteiger partial charge is 0.495 e. The molecule has 6 heteroatoms. The van der Waals surface area contributed by atoms with Crippen molar-refractivity contribution in [2.45, 2.75) is 38.1 Å². The van der Waals surface area contributed by atoms with Crippen molar-refractivity contribution >= 4 is 17.6 Å². The number of nitrogens with zero attached hydrogens (tertiary/aromatic N) is 2. The van der Waals surface area contributed by atoms with Crippen LogP contribution in [0.4, 0.5) is 10.5 Å². The summed E-state index contributed by atoms with van der Waals surface area (Å²) in [5.41, 5.74) is 0.661. The molecule has 1 N–H and O–H groups in total. The van der Waals surface area contributed by atoms with Crippen LogP contribution in [0.2, 0.25) is 0 Å². The molecule has 2 bridgehead atoms. The fraction of sp³-hybridized carbons (Fsp3) is 0.600. The van der Waals surface area contributed by atoms with Gasteiger partial charge >= 0.3 is 6.03 Å². The Morgan fingerprint density at radius 3 is 2.73 bits per heavy atom. The maximum absolute atomic E-state index is 12.9. The first-order chi connectivity index (χ1) is 12.7. The van der Waals surface area contributed by atoms with Crippen molar-refractivity contribution < 1.29 is 14.3 Å². The predicted molar refractivity (Wildman–Crippen MR) is 99.2 cm³/mol. The summed E-state index contributed by atoms with van der Waals surface area (Å²) in [6.45, 7) is 2.01. The van der Waals surface area contributed by atoms with E-state index < -0.39 is 0 Å². The van der Waals surface area contributed by atoms with Crippen LogP contribution < -0.4 is 10.1 Å². The smallest absolute Gasteiger partial charge is 0.322 e. The molecule has 6 nitrogen and oxygen atoms in total. The highest BCUT2D eigenvalue weighted by molar-refractivity contribution is 5.92. The highest BCUT2D eigenvalue weighted by atomic mass is 16.5. The Hall–Kier alpha value is -2.24. The van der Waals surface area contributed by atoms with Crippen LogP contribution in [0.5, 0.6) is 5.75 Å². The molecule has 4 fully saturated rings. The molecule has 1 aromatic carbocycles. The summed E-state index contributed by atoms with van der Waals surface area (Å²) >= 11 is 0. The molecule has 5 rings (SSSR count). The van der Waals surface area contributed by atoms with E-state index in [-0.39, 0.29) is 23.9 Å². The van der Waals surface area contributed by atoms with Crippen LogP contribution >= 0.6 is 0 Å². The van der Waals surface area contributed by atoms with E-state index in [9.17, 15) is 9.59 Å². The Bertz CT molecular complexity index is 689. The van der Waals surface area contributed by atoms with Gasteiger partial charge in [0.2, 0.25) is 5.91 Å². The number of fused-ring (bicyclic) bond motifs is 4. The zero-order valence-corrected chi connectivity index (χ0v) is 15.3. The molecule has 0 radical (unpaired) electrons. The fourth-order valence-electron chi connectivity index (χ4n) is 4.34. The summed E-state index contributed by atoms with van der Waals surface area (Å²) in [6, 6.07) is 7.41. The molecule has 140 valence electrons. The molecular formula is C20H27N3O3. The average molecular weight is 357 g/mol. The lowest BCUT2D eigenvalue weighted by atomic mass is 9.83. The second-order valence-electron chi connectivity index (χ2n) is 7.75. The number of methoxy groups -OCH3 is 1. The van der Waals surface area contributed by atoms with Crippen molar-refractivity contribution in [1.29, 1.82) is 0 Å². The third-order valence-corrected chi connectivity index (χ3v) is 6.11. The van der Waals surface area contributed by atoms with Crippen molar-refractivity contribution in [2.75, 3.05) is 32.1 Å². The minimum atomic E-state index is -0.148. The number of para-hydroxylation sites is 2. The van der Waals surface area contributed by atoms with E-state index in [1.165, 1.54) is 19.3 Å². The van der Waals surface area contributed by atoms with Crippen molar-refractivity contribution in [2.24, 2.45) is 11.8 Å². The topological polar surface area (TPSA) is 61.9 Å². The molecule has 3 amide bonds. The monoisotopic (exact) mass is 357 g/mol. The van der Waals surface area contributed by atoms with Gasteiger partial charge in [-0.2, -0.15) is 0 Å².